The van der Waals surface area contributed by atoms with Gasteiger partial charge in [0.2, 0.25) is 5.95 Å². The van der Waals surface area contributed by atoms with Crippen molar-refractivity contribution in [3.05, 3.63) is 42.4 Å². The summed E-state index contributed by atoms with van der Waals surface area (Å²) in [6, 6.07) is 3.27. The number of aliphatic imine (C=N–C) groups is 1. The summed E-state index contributed by atoms with van der Waals surface area (Å²) in [4.78, 5) is 21.1. The Hall–Kier alpha value is -3.52. The largest absolute Gasteiger partial charge is 0.479 e. The second kappa shape index (κ2) is 8.78. The highest BCUT2D eigenvalue weighted by Gasteiger charge is 2.43. The van der Waals surface area contributed by atoms with Crippen molar-refractivity contribution in [2.45, 2.75) is 30.6 Å². The standard InChI is InChI=1S/C22H21F2N7OS/c1-4-5-32-14-7-16-17(26-9-14)19(29-12-28-16)30-13-6-15(18(24)27-8-13)22(3)10-21(2,11-23)33-20(25)31-22/h1,6-9,12H,5,10-11H2,2-3H3,(H2,25,31)(H,28,29,30)/t21-,22+/m1/s1. The normalized spacial score (nSPS) is 22.5. The number of alkyl halides is 1. The van der Waals surface area contributed by atoms with Gasteiger partial charge in [0, 0.05) is 11.6 Å². The molecule has 0 saturated heterocycles. The van der Waals surface area contributed by atoms with Gasteiger partial charge in [0.1, 0.15) is 30.9 Å². The van der Waals surface area contributed by atoms with Crippen molar-refractivity contribution in [2.24, 2.45) is 10.7 Å². The number of amidine groups is 1. The summed E-state index contributed by atoms with van der Waals surface area (Å²) < 4.78 is 33.1. The number of aromatic nitrogens is 4. The van der Waals surface area contributed by atoms with Gasteiger partial charge in [-0.15, -0.1) is 6.42 Å². The number of ether oxygens (including phenoxy) is 1. The molecule has 0 spiro atoms. The zero-order chi connectivity index (χ0) is 23.6. The van der Waals surface area contributed by atoms with E-state index in [-0.39, 0.29) is 23.8 Å². The van der Waals surface area contributed by atoms with E-state index in [2.05, 4.69) is 36.2 Å². The minimum atomic E-state index is -1.08. The molecule has 1 aliphatic heterocycles. The van der Waals surface area contributed by atoms with E-state index in [0.29, 0.717) is 28.3 Å². The van der Waals surface area contributed by atoms with Gasteiger partial charge in [-0.1, -0.05) is 17.7 Å². The van der Waals surface area contributed by atoms with Crippen molar-refractivity contribution < 1.29 is 13.5 Å². The molecule has 3 aromatic rings. The molecule has 4 heterocycles. The molecular weight excluding hydrogens is 448 g/mol. The quantitative estimate of drug-likeness (QED) is 0.415. The average Bonchev–Trinajstić information content (AvgIpc) is 2.78. The van der Waals surface area contributed by atoms with Gasteiger partial charge >= 0.3 is 0 Å². The number of hydrogen-bond donors (Lipinski definition) is 2. The number of halogens is 2. The van der Waals surface area contributed by atoms with Gasteiger partial charge in [0.15, 0.2) is 11.0 Å². The molecule has 0 unspecified atom stereocenters. The highest BCUT2D eigenvalue weighted by atomic mass is 32.2. The van der Waals surface area contributed by atoms with Crippen molar-refractivity contribution >= 4 is 39.5 Å². The fraction of sp³-hybridized carbons (Fsp3) is 0.318. The number of nitrogens with one attached hydrogen (secondary N) is 1. The second-order valence-corrected chi connectivity index (χ2v) is 9.64. The first-order chi connectivity index (χ1) is 15.7. The van der Waals surface area contributed by atoms with Gasteiger partial charge in [-0.05, 0) is 26.3 Å². The molecule has 4 rings (SSSR count). The molecule has 1 aliphatic rings. The third-order valence-corrected chi connectivity index (χ3v) is 6.21. The zero-order valence-corrected chi connectivity index (χ0v) is 18.8. The number of thioether (sulfide) groups is 1. The summed E-state index contributed by atoms with van der Waals surface area (Å²) in [7, 11) is 0. The molecule has 8 nitrogen and oxygen atoms in total. The summed E-state index contributed by atoms with van der Waals surface area (Å²) in [5.74, 6) is 2.56. The minimum absolute atomic E-state index is 0.110. The lowest BCUT2D eigenvalue weighted by Crippen LogP contribution is -2.42. The van der Waals surface area contributed by atoms with Crippen LogP contribution in [0.5, 0.6) is 5.75 Å². The summed E-state index contributed by atoms with van der Waals surface area (Å²) in [6.07, 6.45) is 9.68. The molecule has 0 fully saturated rings. The van der Waals surface area contributed by atoms with E-state index in [9.17, 15) is 8.78 Å². The Bertz CT molecular complexity index is 1280. The Morgan fingerprint density at radius 3 is 2.82 bits per heavy atom. The zero-order valence-electron chi connectivity index (χ0n) is 18.0. The molecule has 3 aromatic heterocycles. The van der Waals surface area contributed by atoms with Crippen LogP contribution in [-0.4, -0.2) is 43.1 Å². The first kappa shape index (κ1) is 22.7. The van der Waals surface area contributed by atoms with Crippen molar-refractivity contribution in [1.29, 1.82) is 0 Å². The van der Waals surface area contributed by atoms with Crippen LogP contribution in [0.25, 0.3) is 11.0 Å². The molecule has 170 valence electrons. The van der Waals surface area contributed by atoms with Crippen LogP contribution >= 0.6 is 11.8 Å². The van der Waals surface area contributed by atoms with Crippen LogP contribution in [0.2, 0.25) is 0 Å². The number of hydrogen-bond acceptors (Lipinski definition) is 9. The fourth-order valence-electron chi connectivity index (χ4n) is 3.80. The summed E-state index contributed by atoms with van der Waals surface area (Å²) in [5, 5.41) is 3.31. The fourth-order valence-corrected chi connectivity index (χ4v) is 4.96. The van der Waals surface area contributed by atoms with Crippen LogP contribution < -0.4 is 15.8 Å². The Morgan fingerprint density at radius 1 is 1.24 bits per heavy atom. The van der Waals surface area contributed by atoms with Crippen molar-refractivity contribution in [3.63, 3.8) is 0 Å². The van der Waals surface area contributed by atoms with Crippen molar-refractivity contribution in [2.75, 3.05) is 18.6 Å². The molecule has 0 aliphatic carbocycles. The van der Waals surface area contributed by atoms with E-state index < -0.39 is 22.9 Å². The predicted molar refractivity (Wildman–Crippen MR) is 125 cm³/mol. The van der Waals surface area contributed by atoms with E-state index in [1.54, 1.807) is 26.0 Å². The van der Waals surface area contributed by atoms with Crippen LogP contribution in [0.1, 0.15) is 25.8 Å². The first-order valence-electron chi connectivity index (χ1n) is 9.96. The number of anilines is 2. The van der Waals surface area contributed by atoms with E-state index in [1.807, 2.05) is 0 Å². The lowest BCUT2D eigenvalue weighted by Gasteiger charge is -2.39. The third kappa shape index (κ3) is 4.66. The van der Waals surface area contributed by atoms with Crippen LogP contribution in [0, 0.1) is 18.3 Å². The monoisotopic (exact) mass is 469 g/mol. The number of rotatable bonds is 6. The van der Waals surface area contributed by atoms with Gasteiger partial charge in [0.25, 0.3) is 0 Å². The number of fused-ring (bicyclic) bond motifs is 1. The van der Waals surface area contributed by atoms with Crippen LogP contribution in [0.3, 0.4) is 0 Å². The predicted octanol–water partition coefficient (Wildman–Crippen LogP) is 3.71. The van der Waals surface area contributed by atoms with Crippen molar-refractivity contribution in [3.8, 4) is 18.1 Å². The average molecular weight is 470 g/mol. The maximum atomic E-state index is 14.8. The molecule has 0 aromatic carbocycles. The van der Waals surface area contributed by atoms with Gasteiger partial charge in [0.05, 0.1) is 33.9 Å². The third-order valence-electron chi connectivity index (χ3n) is 5.16. The molecule has 11 heteroatoms. The first-order valence-corrected chi connectivity index (χ1v) is 10.8. The number of nitrogens with two attached hydrogens (primary N) is 1. The smallest absolute Gasteiger partial charge is 0.218 e. The lowest BCUT2D eigenvalue weighted by atomic mass is 9.84. The summed E-state index contributed by atoms with van der Waals surface area (Å²) in [5.41, 5.74) is 6.54. The topological polar surface area (TPSA) is 111 Å². The Morgan fingerprint density at radius 2 is 2.06 bits per heavy atom. The maximum absolute atomic E-state index is 14.8. The summed E-state index contributed by atoms with van der Waals surface area (Å²) >= 11 is 1.15. The van der Waals surface area contributed by atoms with Gasteiger partial charge in [-0.2, -0.15) is 4.39 Å². The number of pyridine rings is 2. The molecule has 3 N–H and O–H groups in total. The highest BCUT2D eigenvalue weighted by molar-refractivity contribution is 8.15. The van der Waals surface area contributed by atoms with Crippen LogP contribution in [0.15, 0.2) is 35.8 Å². The Kier molecular flexibility index (Phi) is 6.03. The molecule has 2 atom stereocenters. The van der Waals surface area contributed by atoms with Gasteiger partial charge in [-0.3, -0.25) is 4.99 Å². The lowest BCUT2D eigenvalue weighted by molar-refractivity contribution is 0.316. The maximum Gasteiger partial charge on any atom is 0.218 e. The SMILES string of the molecule is C#CCOc1cnc2c(Nc3cnc(F)c([C@]4(C)C[C@](C)(CF)SC(N)=N4)c3)ncnc2c1. The van der Waals surface area contributed by atoms with Crippen LogP contribution in [0.4, 0.5) is 20.3 Å². The van der Waals surface area contributed by atoms with Gasteiger partial charge in [-0.25, -0.2) is 24.3 Å². The van der Waals surface area contributed by atoms with E-state index in [4.69, 9.17) is 16.9 Å². The molecule has 0 saturated carbocycles. The Labute approximate surface area is 193 Å². The number of terminal acetylenes is 1. The molecular formula is C22H21F2N7OS. The minimum Gasteiger partial charge on any atom is -0.479 e. The van der Waals surface area contributed by atoms with Crippen molar-refractivity contribution in [1.82, 2.24) is 19.9 Å². The highest BCUT2D eigenvalue weighted by Crippen LogP contribution is 2.46. The van der Waals surface area contributed by atoms with E-state index in [1.165, 1.54) is 18.7 Å². The second-order valence-electron chi connectivity index (χ2n) is 8.03. The summed E-state index contributed by atoms with van der Waals surface area (Å²) in [6.45, 7) is 2.95. The van der Waals surface area contributed by atoms with Crippen LogP contribution in [-0.2, 0) is 5.54 Å². The number of nitrogens with zero attached hydrogens (tertiary/aromatic N) is 5. The molecule has 33 heavy (non-hydrogen) atoms. The van der Waals surface area contributed by atoms with E-state index >= 15 is 0 Å². The molecule has 0 radical (unpaired) electrons. The molecule has 0 amide bonds. The van der Waals surface area contributed by atoms with Gasteiger partial charge < -0.3 is 15.8 Å². The van der Waals surface area contributed by atoms with E-state index in [0.717, 1.165) is 11.8 Å². The Balaban J connectivity index is 1.69. The molecule has 0 bridgehead atoms.